The first kappa shape index (κ1) is 18.4. The number of hydrogen-bond donors (Lipinski definition) is 0. The minimum absolute atomic E-state index is 0.308. The summed E-state index contributed by atoms with van der Waals surface area (Å²) in [5.41, 5.74) is 0. The van der Waals surface area contributed by atoms with E-state index in [1.807, 2.05) is 0 Å². The average Bonchev–Trinajstić information content (AvgIpc) is 2.40. The van der Waals surface area contributed by atoms with Gasteiger partial charge in [-0.2, -0.15) is 0 Å². The fraction of sp³-hybridized carbons (Fsp3) is 1.00. The molecule has 0 aromatic rings. The van der Waals surface area contributed by atoms with Gasteiger partial charge in [-0.1, -0.05) is 103 Å². The molecule has 0 saturated heterocycles. The molecule has 0 atom stereocenters. The molecular weight excluding hydrogens is 248 g/mol. The summed E-state index contributed by atoms with van der Waals surface area (Å²) in [5.74, 6) is 0. The SMILES string of the molecule is CCCC[SiH](CCCC)[SiH](CCCC)CCCC. The molecule has 0 heterocycles. The van der Waals surface area contributed by atoms with E-state index >= 15 is 0 Å². The second-order valence-electron chi connectivity index (χ2n) is 6.09. The van der Waals surface area contributed by atoms with Crippen LogP contribution in [0.4, 0.5) is 0 Å². The Labute approximate surface area is 120 Å². The summed E-state index contributed by atoms with van der Waals surface area (Å²) < 4.78 is 0. The summed E-state index contributed by atoms with van der Waals surface area (Å²) in [6.45, 7) is 9.50. The Morgan fingerprint density at radius 1 is 0.444 bits per heavy atom. The maximum absolute atomic E-state index is 2.37. The summed E-state index contributed by atoms with van der Waals surface area (Å²) >= 11 is 0. The molecule has 0 bridgehead atoms. The molecular formula is C16H38Si2. The largest absolute Gasteiger partial charge is 0.0654 e. The highest BCUT2D eigenvalue weighted by Gasteiger charge is 2.22. The highest BCUT2D eigenvalue weighted by atomic mass is 29.2. The third-order valence-electron chi connectivity index (χ3n) is 4.38. The molecule has 0 nitrogen and oxygen atoms in total. The standard InChI is InChI=1S/C16H38Si2/c1-5-9-13-17(14-10-6-2)18(15-11-7-3)16-12-8-4/h17-18H,5-16H2,1-4H3. The lowest BCUT2D eigenvalue weighted by atomic mass is 10.4. The van der Waals surface area contributed by atoms with Gasteiger partial charge in [0.2, 0.25) is 0 Å². The van der Waals surface area contributed by atoms with Gasteiger partial charge in [0.15, 0.2) is 0 Å². The average molecular weight is 287 g/mol. The predicted molar refractivity (Wildman–Crippen MR) is 93.2 cm³/mol. The van der Waals surface area contributed by atoms with E-state index in [9.17, 15) is 0 Å². The summed E-state index contributed by atoms with van der Waals surface area (Å²) in [5, 5.41) is 0. The van der Waals surface area contributed by atoms with Crippen molar-refractivity contribution in [2.45, 2.75) is 103 Å². The molecule has 0 rings (SSSR count). The normalized spacial score (nSPS) is 11.7. The van der Waals surface area contributed by atoms with E-state index in [0.29, 0.717) is 0 Å². The van der Waals surface area contributed by atoms with Gasteiger partial charge in [0.25, 0.3) is 0 Å². The van der Waals surface area contributed by atoms with E-state index in [4.69, 9.17) is 0 Å². The van der Waals surface area contributed by atoms with Crippen LogP contribution in [0.25, 0.3) is 0 Å². The first-order valence-corrected chi connectivity index (χ1v) is 14.7. The minimum atomic E-state index is -0.308. The Morgan fingerprint density at radius 2 is 0.667 bits per heavy atom. The molecule has 0 aliphatic carbocycles. The molecule has 18 heavy (non-hydrogen) atoms. The van der Waals surface area contributed by atoms with Crippen molar-refractivity contribution in [2.75, 3.05) is 0 Å². The molecule has 0 radical (unpaired) electrons. The Morgan fingerprint density at radius 3 is 0.833 bits per heavy atom. The van der Waals surface area contributed by atoms with Crippen LogP contribution in [0, 0.1) is 0 Å². The third-order valence-corrected chi connectivity index (χ3v) is 18.3. The van der Waals surface area contributed by atoms with Crippen LogP contribution >= 0.6 is 0 Å². The van der Waals surface area contributed by atoms with Crippen LogP contribution in [0.3, 0.4) is 0 Å². The molecule has 110 valence electrons. The molecule has 0 fully saturated rings. The summed E-state index contributed by atoms with van der Waals surface area (Å²) in [6, 6.07) is 6.78. The van der Waals surface area contributed by atoms with Gasteiger partial charge in [-0.3, -0.25) is 0 Å². The monoisotopic (exact) mass is 286 g/mol. The maximum atomic E-state index is 2.37. The Kier molecular flexibility index (Phi) is 14.2. The second-order valence-corrected chi connectivity index (χ2v) is 17.1. The summed E-state index contributed by atoms with van der Waals surface area (Å²) in [4.78, 5) is 0. The van der Waals surface area contributed by atoms with Crippen molar-refractivity contribution < 1.29 is 0 Å². The second kappa shape index (κ2) is 13.9. The lowest BCUT2D eigenvalue weighted by Crippen LogP contribution is -2.35. The van der Waals surface area contributed by atoms with Gasteiger partial charge < -0.3 is 0 Å². The van der Waals surface area contributed by atoms with E-state index in [0.717, 1.165) is 0 Å². The van der Waals surface area contributed by atoms with E-state index < -0.39 is 0 Å². The van der Waals surface area contributed by atoms with Crippen molar-refractivity contribution in [3.63, 3.8) is 0 Å². The van der Waals surface area contributed by atoms with Crippen LogP contribution in [-0.2, 0) is 0 Å². The first-order chi connectivity index (χ1) is 8.79. The molecule has 0 aliphatic heterocycles. The van der Waals surface area contributed by atoms with Gasteiger partial charge in [-0.25, -0.2) is 0 Å². The molecule has 2 heteroatoms. The number of hydrogen-bond acceptors (Lipinski definition) is 0. The topological polar surface area (TPSA) is 0 Å². The zero-order chi connectivity index (χ0) is 13.6. The van der Waals surface area contributed by atoms with Crippen LogP contribution in [-0.4, -0.2) is 16.6 Å². The number of unbranched alkanes of at least 4 members (excludes halogenated alkanes) is 4. The molecule has 0 aromatic carbocycles. The van der Waals surface area contributed by atoms with Crippen LogP contribution in [0.2, 0.25) is 24.2 Å². The fourth-order valence-corrected chi connectivity index (χ4v) is 17.8. The molecule has 0 saturated carbocycles. The summed E-state index contributed by atoms with van der Waals surface area (Å²) in [6.07, 6.45) is 11.9. The van der Waals surface area contributed by atoms with Gasteiger partial charge >= 0.3 is 0 Å². The van der Waals surface area contributed by atoms with E-state index in [1.165, 1.54) is 25.7 Å². The fourth-order valence-electron chi connectivity index (χ4n) is 3.10. The first-order valence-electron chi connectivity index (χ1n) is 8.79. The van der Waals surface area contributed by atoms with E-state index in [2.05, 4.69) is 27.7 Å². The van der Waals surface area contributed by atoms with Crippen molar-refractivity contribution in [1.29, 1.82) is 0 Å². The Hall–Kier alpha value is 0.434. The molecule has 0 amide bonds. The molecule has 0 aromatic heterocycles. The van der Waals surface area contributed by atoms with Crippen molar-refractivity contribution in [2.24, 2.45) is 0 Å². The van der Waals surface area contributed by atoms with Gasteiger partial charge in [0.05, 0.1) is 0 Å². The Bertz CT molecular complexity index is 125. The van der Waals surface area contributed by atoms with Crippen LogP contribution in [0.1, 0.15) is 79.1 Å². The quantitative estimate of drug-likeness (QED) is 0.380. The zero-order valence-corrected chi connectivity index (χ0v) is 15.9. The maximum Gasteiger partial charge on any atom is 0.0280 e. The van der Waals surface area contributed by atoms with Crippen LogP contribution in [0.15, 0.2) is 0 Å². The van der Waals surface area contributed by atoms with Gasteiger partial charge in [-0.15, -0.1) is 0 Å². The van der Waals surface area contributed by atoms with Crippen molar-refractivity contribution in [3.05, 3.63) is 0 Å². The van der Waals surface area contributed by atoms with E-state index in [1.54, 1.807) is 49.9 Å². The molecule has 0 spiro atoms. The zero-order valence-electron chi connectivity index (χ0n) is 13.6. The van der Waals surface area contributed by atoms with Crippen molar-refractivity contribution >= 4 is 16.6 Å². The van der Waals surface area contributed by atoms with E-state index in [-0.39, 0.29) is 16.6 Å². The Balaban J connectivity index is 4.27. The molecule has 0 N–H and O–H groups in total. The molecule has 0 unspecified atom stereocenters. The predicted octanol–water partition coefficient (Wildman–Crippen LogP) is 5.72. The number of rotatable bonds is 13. The van der Waals surface area contributed by atoms with Gasteiger partial charge in [0, 0.05) is 16.6 Å². The lowest BCUT2D eigenvalue weighted by Gasteiger charge is -2.25. The van der Waals surface area contributed by atoms with Crippen LogP contribution < -0.4 is 0 Å². The van der Waals surface area contributed by atoms with Crippen molar-refractivity contribution in [1.82, 2.24) is 0 Å². The third kappa shape index (κ3) is 9.38. The molecule has 0 aliphatic rings. The lowest BCUT2D eigenvalue weighted by molar-refractivity contribution is 0.832. The van der Waals surface area contributed by atoms with Gasteiger partial charge in [-0.05, 0) is 0 Å². The van der Waals surface area contributed by atoms with Crippen molar-refractivity contribution in [3.8, 4) is 0 Å². The smallest absolute Gasteiger partial charge is 0.0280 e. The van der Waals surface area contributed by atoms with Crippen LogP contribution in [0.5, 0.6) is 0 Å². The highest BCUT2D eigenvalue weighted by molar-refractivity contribution is 7.22. The van der Waals surface area contributed by atoms with Gasteiger partial charge in [0.1, 0.15) is 0 Å². The highest BCUT2D eigenvalue weighted by Crippen LogP contribution is 2.21. The minimum Gasteiger partial charge on any atom is -0.0654 e. The summed E-state index contributed by atoms with van der Waals surface area (Å²) in [7, 11) is -0.617.